The molecule has 25 heavy (non-hydrogen) atoms. The number of hydrogen-bond acceptors (Lipinski definition) is 5. The number of rotatable bonds is 2. The molecular weight excluding hydrogens is 390 g/mol. The van der Waals surface area contributed by atoms with E-state index < -0.39 is 12.1 Å². The van der Waals surface area contributed by atoms with E-state index in [0.29, 0.717) is 46.9 Å². The van der Waals surface area contributed by atoms with Gasteiger partial charge in [0.05, 0.1) is 11.3 Å². The highest BCUT2D eigenvalue weighted by molar-refractivity contribution is 9.10. The smallest absolute Gasteiger partial charge is 0.339 e. The molecule has 2 aromatic carbocycles. The Hall–Kier alpha value is -2.54. The lowest BCUT2D eigenvalue weighted by molar-refractivity contribution is -0.125. The van der Waals surface area contributed by atoms with E-state index in [4.69, 9.17) is 14.2 Å². The summed E-state index contributed by atoms with van der Waals surface area (Å²) in [7, 11) is 0. The Morgan fingerprint density at radius 2 is 1.84 bits per heavy atom. The van der Waals surface area contributed by atoms with Crippen molar-refractivity contribution in [3.63, 3.8) is 0 Å². The molecule has 1 N–H and O–H groups in total. The lowest BCUT2D eigenvalue weighted by Crippen LogP contribution is -2.38. The van der Waals surface area contributed by atoms with Gasteiger partial charge in [0.2, 0.25) is 0 Å². The molecule has 0 fully saturated rings. The summed E-state index contributed by atoms with van der Waals surface area (Å²) in [4.78, 5) is 24.6. The van der Waals surface area contributed by atoms with E-state index >= 15 is 0 Å². The van der Waals surface area contributed by atoms with Crippen molar-refractivity contribution in [1.82, 2.24) is 0 Å². The number of fused-ring (bicyclic) bond motifs is 2. The minimum absolute atomic E-state index is 0.343. The molecule has 2 heterocycles. The van der Waals surface area contributed by atoms with Crippen LogP contribution in [0.3, 0.4) is 0 Å². The van der Waals surface area contributed by atoms with Gasteiger partial charge in [-0.3, -0.25) is 4.79 Å². The van der Waals surface area contributed by atoms with Gasteiger partial charge in [0.25, 0.3) is 5.91 Å². The lowest BCUT2D eigenvalue weighted by atomic mass is 9.98. The van der Waals surface area contributed by atoms with E-state index in [1.807, 2.05) is 12.1 Å². The number of ether oxygens (including phenoxy) is 3. The molecule has 128 valence electrons. The zero-order chi connectivity index (χ0) is 17.4. The van der Waals surface area contributed by atoms with Gasteiger partial charge in [-0.05, 0) is 27.6 Å². The van der Waals surface area contributed by atoms with Gasteiger partial charge in [-0.25, -0.2) is 4.79 Å². The van der Waals surface area contributed by atoms with E-state index in [-0.39, 0.29) is 5.91 Å². The summed E-state index contributed by atoms with van der Waals surface area (Å²) in [5.74, 6) is 0.313. The minimum atomic E-state index is -0.873. The number of benzene rings is 2. The second-order valence-electron chi connectivity index (χ2n) is 5.72. The lowest BCUT2D eigenvalue weighted by Gasteiger charge is -2.24. The van der Waals surface area contributed by atoms with E-state index in [2.05, 4.69) is 21.2 Å². The highest BCUT2D eigenvalue weighted by Crippen LogP contribution is 2.38. The van der Waals surface area contributed by atoms with Gasteiger partial charge >= 0.3 is 5.97 Å². The predicted molar refractivity (Wildman–Crippen MR) is 93.1 cm³/mol. The molecule has 0 aromatic heterocycles. The number of esters is 1. The predicted octanol–water partition coefficient (Wildman–Crippen LogP) is 2.94. The molecule has 2 aliphatic rings. The molecule has 1 unspecified atom stereocenters. The number of cyclic esters (lactones) is 1. The summed E-state index contributed by atoms with van der Waals surface area (Å²) in [6.45, 7) is 0.946. The second kappa shape index (κ2) is 6.40. The number of hydrogen-bond donors (Lipinski definition) is 1. The van der Waals surface area contributed by atoms with Crippen molar-refractivity contribution in [3.8, 4) is 11.5 Å². The Balaban J connectivity index is 1.54. The molecule has 2 aliphatic heterocycles. The van der Waals surface area contributed by atoms with Crippen LogP contribution in [0.15, 0.2) is 40.9 Å². The normalized spacial score (nSPS) is 18.1. The first kappa shape index (κ1) is 16.0. The molecule has 0 radical (unpaired) electrons. The van der Waals surface area contributed by atoms with E-state index in [1.165, 1.54) is 0 Å². The maximum atomic E-state index is 12.6. The van der Waals surface area contributed by atoms with Gasteiger partial charge in [-0.1, -0.05) is 18.2 Å². The van der Waals surface area contributed by atoms with Crippen molar-refractivity contribution in [1.29, 1.82) is 0 Å². The molecule has 6 nitrogen and oxygen atoms in total. The molecule has 0 bridgehead atoms. The van der Waals surface area contributed by atoms with E-state index in [1.54, 1.807) is 24.3 Å². The quantitative estimate of drug-likeness (QED) is 0.780. The van der Waals surface area contributed by atoms with Gasteiger partial charge in [0, 0.05) is 23.0 Å². The van der Waals surface area contributed by atoms with Crippen molar-refractivity contribution >= 4 is 33.5 Å². The standard InChI is InChI=1S/C18H14BrNO5/c19-12-8-14-15(24-6-5-23-14)9-13(12)20-17(21)16-7-10-3-1-2-4-11(10)18(22)25-16/h1-4,8-9,16H,5-7H2,(H,20,21). The van der Waals surface area contributed by atoms with Crippen LogP contribution in [0.4, 0.5) is 5.69 Å². The highest BCUT2D eigenvalue weighted by Gasteiger charge is 2.31. The molecule has 0 spiro atoms. The van der Waals surface area contributed by atoms with Crippen LogP contribution < -0.4 is 14.8 Å². The molecule has 4 rings (SSSR count). The largest absolute Gasteiger partial charge is 0.486 e. The topological polar surface area (TPSA) is 73.9 Å². The number of anilines is 1. The summed E-state index contributed by atoms with van der Waals surface area (Å²) >= 11 is 3.41. The van der Waals surface area contributed by atoms with Crippen molar-refractivity contribution in [2.45, 2.75) is 12.5 Å². The zero-order valence-electron chi connectivity index (χ0n) is 13.1. The average molecular weight is 404 g/mol. The molecule has 1 atom stereocenters. The molecule has 0 saturated carbocycles. The van der Waals surface area contributed by atoms with Crippen LogP contribution >= 0.6 is 15.9 Å². The number of halogens is 1. The summed E-state index contributed by atoms with van der Waals surface area (Å²) in [6.07, 6.45) is -0.530. The SMILES string of the molecule is O=C1OC(C(=O)Nc2cc3c(cc2Br)OCCO3)Cc2ccccc21. The molecular formula is C18H14BrNO5. The van der Waals surface area contributed by atoms with Crippen molar-refractivity contribution < 1.29 is 23.8 Å². The highest BCUT2D eigenvalue weighted by atomic mass is 79.9. The molecule has 7 heteroatoms. The first-order valence-corrected chi connectivity index (χ1v) is 8.60. The Labute approximate surface area is 152 Å². The number of amides is 1. The third-order valence-electron chi connectivity index (χ3n) is 4.07. The van der Waals surface area contributed by atoms with Gasteiger partial charge in [-0.15, -0.1) is 0 Å². The van der Waals surface area contributed by atoms with E-state index in [0.717, 1.165) is 5.56 Å². The Kier molecular flexibility index (Phi) is 4.09. The average Bonchev–Trinajstić information content (AvgIpc) is 2.62. The fraction of sp³-hybridized carbons (Fsp3) is 0.222. The number of carbonyl (C=O) groups excluding carboxylic acids is 2. The summed E-state index contributed by atoms with van der Waals surface area (Å²) in [5, 5.41) is 2.78. The maximum absolute atomic E-state index is 12.6. The Morgan fingerprint density at radius 3 is 2.64 bits per heavy atom. The summed E-state index contributed by atoms with van der Waals surface area (Å²) < 4.78 is 17.0. The van der Waals surface area contributed by atoms with Crippen LogP contribution in [0.2, 0.25) is 0 Å². The maximum Gasteiger partial charge on any atom is 0.339 e. The van der Waals surface area contributed by atoms with Gasteiger partial charge in [-0.2, -0.15) is 0 Å². The first-order chi connectivity index (χ1) is 12.1. The molecule has 2 aromatic rings. The third-order valence-corrected chi connectivity index (χ3v) is 4.73. The van der Waals surface area contributed by atoms with Crippen LogP contribution in [0, 0.1) is 0 Å². The summed E-state index contributed by atoms with van der Waals surface area (Å²) in [6, 6.07) is 10.6. The molecule has 1 amide bonds. The van der Waals surface area contributed by atoms with Crippen LogP contribution in [0.25, 0.3) is 0 Å². The first-order valence-electron chi connectivity index (χ1n) is 7.81. The van der Waals surface area contributed by atoms with Gasteiger partial charge in [0.15, 0.2) is 17.6 Å². The van der Waals surface area contributed by atoms with Crippen LogP contribution in [0.5, 0.6) is 11.5 Å². The van der Waals surface area contributed by atoms with Crippen LogP contribution in [0.1, 0.15) is 15.9 Å². The third kappa shape index (κ3) is 3.07. The van der Waals surface area contributed by atoms with Crippen LogP contribution in [-0.4, -0.2) is 31.2 Å². The fourth-order valence-corrected chi connectivity index (χ4v) is 3.27. The Morgan fingerprint density at radius 1 is 1.12 bits per heavy atom. The fourth-order valence-electron chi connectivity index (χ4n) is 2.85. The zero-order valence-corrected chi connectivity index (χ0v) is 14.7. The van der Waals surface area contributed by atoms with Crippen LogP contribution in [-0.2, 0) is 16.0 Å². The van der Waals surface area contributed by atoms with E-state index in [9.17, 15) is 9.59 Å². The monoisotopic (exact) mass is 403 g/mol. The number of carbonyl (C=O) groups is 2. The van der Waals surface area contributed by atoms with Gasteiger partial charge in [0.1, 0.15) is 13.2 Å². The van der Waals surface area contributed by atoms with Crippen molar-refractivity contribution in [3.05, 3.63) is 52.0 Å². The number of nitrogens with one attached hydrogen (secondary N) is 1. The van der Waals surface area contributed by atoms with Crippen molar-refractivity contribution in [2.75, 3.05) is 18.5 Å². The molecule has 0 aliphatic carbocycles. The second-order valence-corrected chi connectivity index (χ2v) is 6.57. The molecule has 0 saturated heterocycles. The van der Waals surface area contributed by atoms with Gasteiger partial charge < -0.3 is 19.5 Å². The van der Waals surface area contributed by atoms with Crippen molar-refractivity contribution in [2.24, 2.45) is 0 Å². The summed E-state index contributed by atoms with van der Waals surface area (Å²) in [5.41, 5.74) is 1.84. The Bertz CT molecular complexity index is 867. The minimum Gasteiger partial charge on any atom is -0.486 e.